The molecule has 144 valence electrons. The van der Waals surface area contributed by atoms with Crippen LogP contribution >= 0.6 is 0 Å². The third-order valence-electron chi connectivity index (χ3n) is 8.91. The Morgan fingerprint density at radius 3 is 2.61 bits per heavy atom. The third-order valence-corrected chi connectivity index (χ3v) is 8.91. The lowest BCUT2D eigenvalue weighted by molar-refractivity contribution is -0.157. The van der Waals surface area contributed by atoms with E-state index in [1.165, 1.54) is 23.6 Å². The SMILES string of the molecule is CC(OC(=O)C1CC2CC1C1C3CC(C4OC34)C21)c1ccc2ccccc2c1. The van der Waals surface area contributed by atoms with E-state index in [1.54, 1.807) is 0 Å². The second kappa shape index (κ2) is 5.38. The monoisotopic (exact) mass is 374 g/mol. The topological polar surface area (TPSA) is 38.8 Å². The van der Waals surface area contributed by atoms with Crippen LogP contribution in [0.3, 0.4) is 0 Å². The molecule has 2 aromatic carbocycles. The van der Waals surface area contributed by atoms with Crippen LogP contribution in [0.4, 0.5) is 0 Å². The van der Waals surface area contributed by atoms with Gasteiger partial charge in [0.15, 0.2) is 0 Å². The van der Waals surface area contributed by atoms with E-state index in [-0.39, 0.29) is 18.0 Å². The summed E-state index contributed by atoms with van der Waals surface area (Å²) in [5, 5.41) is 2.42. The van der Waals surface area contributed by atoms with Gasteiger partial charge in [-0.05, 0) is 84.1 Å². The number of carbonyl (C=O) groups excluding carboxylic acids is 1. The normalized spacial score (nSPS) is 45.1. The molecule has 2 aromatic rings. The molecule has 4 aliphatic carbocycles. The Balaban J connectivity index is 1.09. The minimum absolute atomic E-state index is 0.0441. The molecular formula is C25H26O3. The Morgan fingerprint density at radius 2 is 1.75 bits per heavy atom. The van der Waals surface area contributed by atoms with Gasteiger partial charge in [0.25, 0.3) is 0 Å². The average Bonchev–Trinajstić information content (AvgIpc) is 3.05. The van der Waals surface area contributed by atoms with E-state index in [4.69, 9.17) is 9.47 Å². The van der Waals surface area contributed by atoms with Crippen LogP contribution in [0.15, 0.2) is 42.5 Å². The fourth-order valence-electron chi connectivity index (χ4n) is 7.91. The minimum Gasteiger partial charge on any atom is -0.458 e. The first kappa shape index (κ1) is 16.0. The summed E-state index contributed by atoms with van der Waals surface area (Å²) in [6.07, 6.45) is 4.61. The molecule has 5 aliphatic rings. The van der Waals surface area contributed by atoms with Gasteiger partial charge in [-0.3, -0.25) is 4.79 Å². The van der Waals surface area contributed by atoms with Crippen molar-refractivity contribution in [1.29, 1.82) is 0 Å². The number of hydrogen-bond donors (Lipinski definition) is 0. The van der Waals surface area contributed by atoms with Crippen LogP contribution in [0.25, 0.3) is 10.8 Å². The number of rotatable bonds is 3. The molecule has 0 aromatic heterocycles. The summed E-state index contributed by atoms with van der Waals surface area (Å²) in [6, 6.07) is 14.7. The smallest absolute Gasteiger partial charge is 0.309 e. The molecule has 0 spiro atoms. The summed E-state index contributed by atoms with van der Waals surface area (Å²) in [4.78, 5) is 13.1. The maximum absolute atomic E-state index is 13.1. The highest BCUT2D eigenvalue weighted by Crippen LogP contribution is 2.73. The van der Waals surface area contributed by atoms with Gasteiger partial charge in [-0.25, -0.2) is 0 Å². The van der Waals surface area contributed by atoms with E-state index in [0.29, 0.717) is 18.1 Å². The van der Waals surface area contributed by atoms with Crippen LogP contribution in [-0.4, -0.2) is 18.2 Å². The first-order valence-corrected chi connectivity index (χ1v) is 11.0. The van der Waals surface area contributed by atoms with Gasteiger partial charge in [0.05, 0.1) is 18.1 Å². The molecule has 10 atom stereocenters. The standard InChI is InChI=1S/C25H26O3/c1-12(14-7-6-13-4-2-3-5-15(13)8-14)27-25(26)18-10-16-9-17(18)22-20-11-19(21(16)22)23-24(20)28-23/h2-8,12,16-24H,9-11H2,1H3. The van der Waals surface area contributed by atoms with Crippen molar-refractivity contribution in [2.24, 2.45) is 41.4 Å². The summed E-state index contributed by atoms with van der Waals surface area (Å²) >= 11 is 0. The van der Waals surface area contributed by atoms with E-state index < -0.39 is 0 Å². The zero-order chi connectivity index (χ0) is 18.6. The van der Waals surface area contributed by atoms with Gasteiger partial charge >= 0.3 is 5.97 Å². The lowest BCUT2D eigenvalue weighted by Crippen LogP contribution is -2.38. The van der Waals surface area contributed by atoms with E-state index in [1.807, 2.05) is 6.92 Å². The summed E-state index contributed by atoms with van der Waals surface area (Å²) in [6.45, 7) is 2.01. The quantitative estimate of drug-likeness (QED) is 0.442. The highest BCUT2D eigenvalue weighted by Gasteiger charge is 2.73. The number of epoxide rings is 1. The molecule has 0 N–H and O–H groups in total. The van der Waals surface area contributed by atoms with Crippen molar-refractivity contribution in [2.75, 3.05) is 0 Å². The fraction of sp³-hybridized carbons (Fsp3) is 0.560. The second-order valence-electron chi connectivity index (χ2n) is 9.97. The van der Waals surface area contributed by atoms with E-state index >= 15 is 0 Å². The lowest BCUT2D eigenvalue weighted by atomic mass is 9.67. The Labute approximate surface area is 165 Å². The largest absolute Gasteiger partial charge is 0.458 e. The van der Waals surface area contributed by atoms with Crippen LogP contribution in [0.5, 0.6) is 0 Å². The number of ether oxygens (including phenoxy) is 2. The number of benzene rings is 2. The zero-order valence-electron chi connectivity index (χ0n) is 16.2. The van der Waals surface area contributed by atoms with Gasteiger partial charge < -0.3 is 9.47 Å². The summed E-state index contributed by atoms with van der Waals surface area (Å²) in [7, 11) is 0. The van der Waals surface area contributed by atoms with E-state index in [2.05, 4.69) is 42.5 Å². The molecule has 3 nitrogen and oxygen atoms in total. The van der Waals surface area contributed by atoms with Crippen molar-refractivity contribution < 1.29 is 14.3 Å². The van der Waals surface area contributed by atoms with Crippen molar-refractivity contribution in [3.05, 3.63) is 48.0 Å². The van der Waals surface area contributed by atoms with Crippen molar-refractivity contribution in [3.63, 3.8) is 0 Å². The first-order valence-electron chi connectivity index (χ1n) is 11.0. The maximum Gasteiger partial charge on any atom is 0.309 e. The Kier molecular flexibility index (Phi) is 3.07. The lowest BCUT2D eigenvalue weighted by Gasteiger charge is -2.36. The predicted octanol–water partition coefficient (Wildman–Crippen LogP) is 4.75. The molecule has 1 heterocycles. The molecule has 7 rings (SSSR count). The van der Waals surface area contributed by atoms with Crippen LogP contribution in [0.1, 0.15) is 37.9 Å². The van der Waals surface area contributed by atoms with Crippen molar-refractivity contribution in [2.45, 2.75) is 44.5 Å². The van der Waals surface area contributed by atoms with Crippen molar-refractivity contribution in [1.82, 2.24) is 0 Å². The molecule has 4 bridgehead atoms. The molecule has 10 unspecified atom stereocenters. The highest BCUT2D eigenvalue weighted by atomic mass is 16.6. The van der Waals surface area contributed by atoms with Crippen molar-refractivity contribution in [3.8, 4) is 0 Å². The van der Waals surface area contributed by atoms with Gasteiger partial charge in [-0.1, -0.05) is 36.4 Å². The van der Waals surface area contributed by atoms with E-state index in [0.717, 1.165) is 41.6 Å². The average molecular weight is 374 g/mol. The van der Waals surface area contributed by atoms with Crippen LogP contribution in [0, 0.1) is 41.4 Å². The van der Waals surface area contributed by atoms with Crippen molar-refractivity contribution >= 4 is 16.7 Å². The first-order chi connectivity index (χ1) is 13.7. The van der Waals surface area contributed by atoms with Gasteiger partial charge in [0.1, 0.15) is 6.10 Å². The van der Waals surface area contributed by atoms with Gasteiger partial charge in [-0.15, -0.1) is 0 Å². The summed E-state index contributed by atoms with van der Waals surface area (Å²) < 4.78 is 12.0. The number of hydrogen-bond acceptors (Lipinski definition) is 3. The van der Waals surface area contributed by atoms with Gasteiger partial charge in [0.2, 0.25) is 0 Å². The highest BCUT2D eigenvalue weighted by molar-refractivity contribution is 5.83. The summed E-state index contributed by atoms with van der Waals surface area (Å²) in [5.41, 5.74) is 1.09. The molecule has 0 amide bonds. The molecule has 28 heavy (non-hydrogen) atoms. The van der Waals surface area contributed by atoms with Crippen LogP contribution in [0.2, 0.25) is 0 Å². The fourth-order valence-corrected chi connectivity index (χ4v) is 7.91. The molecule has 0 radical (unpaired) electrons. The molecule has 1 aliphatic heterocycles. The molecule has 5 fully saturated rings. The van der Waals surface area contributed by atoms with Gasteiger partial charge in [0, 0.05) is 0 Å². The van der Waals surface area contributed by atoms with E-state index in [9.17, 15) is 4.79 Å². The van der Waals surface area contributed by atoms with Crippen LogP contribution in [-0.2, 0) is 14.3 Å². The minimum atomic E-state index is -0.191. The maximum atomic E-state index is 13.1. The van der Waals surface area contributed by atoms with Crippen LogP contribution < -0.4 is 0 Å². The Bertz CT molecular complexity index is 983. The molecular weight excluding hydrogens is 348 g/mol. The second-order valence-corrected chi connectivity index (χ2v) is 9.97. The predicted molar refractivity (Wildman–Crippen MR) is 105 cm³/mol. The molecule has 1 saturated heterocycles. The Morgan fingerprint density at radius 1 is 0.964 bits per heavy atom. The number of fused-ring (bicyclic) bond motifs is 13. The molecule has 4 saturated carbocycles. The number of esters is 1. The molecule has 3 heteroatoms. The summed E-state index contributed by atoms with van der Waals surface area (Å²) in [5.74, 6) is 4.58. The Hall–Kier alpha value is -1.87. The number of carbonyl (C=O) groups is 1. The zero-order valence-corrected chi connectivity index (χ0v) is 16.2. The van der Waals surface area contributed by atoms with Gasteiger partial charge in [-0.2, -0.15) is 0 Å². The third kappa shape index (κ3) is 2.01.